The van der Waals surface area contributed by atoms with Gasteiger partial charge in [0, 0.05) is 12.0 Å². The van der Waals surface area contributed by atoms with Gasteiger partial charge in [0.05, 0.1) is 21.8 Å². The van der Waals surface area contributed by atoms with Crippen molar-refractivity contribution in [2.75, 3.05) is 6.61 Å². The summed E-state index contributed by atoms with van der Waals surface area (Å²) in [6.07, 6.45) is 8.73. The number of aromatic hydroxyl groups is 1. The van der Waals surface area contributed by atoms with Crippen molar-refractivity contribution in [3.8, 4) is 5.75 Å². The molecule has 5 rings (SSSR count). The molecule has 0 aliphatic heterocycles. The maximum absolute atomic E-state index is 10.1. The number of phenolic OH excluding ortho intramolecular Hbond substituents is 1. The molecule has 0 unspecified atom stereocenters. The number of aryl methyl sites for hydroxylation is 2. The molecule has 2 heterocycles. The largest absolute Gasteiger partial charge is 0.508 e. The Morgan fingerprint density at radius 2 is 1.82 bits per heavy atom. The Balaban J connectivity index is 0.000000317. The second kappa shape index (κ2) is 12.8. The number of pyridine rings is 1. The van der Waals surface area contributed by atoms with Crippen molar-refractivity contribution < 1.29 is 20.1 Å². The van der Waals surface area contributed by atoms with E-state index in [4.69, 9.17) is 33.4 Å². The Labute approximate surface area is 236 Å². The van der Waals surface area contributed by atoms with Gasteiger partial charge >= 0.3 is 5.97 Å². The van der Waals surface area contributed by atoms with E-state index in [-0.39, 0.29) is 18.4 Å². The van der Waals surface area contributed by atoms with Gasteiger partial charge in [-0.1, -0.05) is 71.7 Å². The number of rotatable bonds is 9. The zero-order chi connectivity index (χ0) is 27.1. The van der Waals surface area contributed by atoms with Crippen LogP contribution in [0.5, 0.6) is 5.75 Å². The number of para-hydroxylation sites is 1. The van der Waals surface area contributed by atoms with Crippen LogP contribution in [0.3, 0.4) is 0 Å². The molecule has 0 bridgehead atoms. The van der Waals surface area contributed by atoms with Crippen LogP contribution in [0.25, 0.3) is 22.4 Å². The lowest BCUT2D eigenvalue weighted by molar-refractivity contribution is -0.138. The van der Waals surface area contributed by atoms with E-state index in [1.807, 2.05) is 36.4 Å². The van der Waals surface area contributed by atoms with Gasteiger partial charge < -0.3 is 15.3 Å². The first-order valence-corrected chi connectivity index (χ1v) is 14.0. The Kier molecular flexibility index (Phi) is 9.44. The highest BCUT2D eigenvalue weighted by molar-refractivity contribution is 7.23. The van der Waals surface area contributed by atoms with Gasteiger partial charge in [-0.05, 0) is 73.1 Å². The first-order valence-electron chi connectivity index (χ1n) is 12.4. The summed E-state index contributed by atoms with van der Waals surface area (Å²) in [4.78, 5) is 14.7. The molecule has 0 spiro atoms. The zero-order valence-corrected chi connectivity index (χ0v) is 23.1. The molecule has 3 N–H and O–H groups in total. The van der Waals surface area contributed by atoms with Crippen LogP contribution in [0.15, 0.2) is 60.7 Å². The minimum Gasteiger partial charge on any atom is -0.508 e. The van der Waals surface area contributed by atoms with Crippen LogP contribution in [0.4, 0.5) is 0 Å². The Morgan fingerprint density at radius 1 is 1.03 bits per heavy atom. The fraction of sp³-hybridized carbons (Fsp3) is 0.267. The molecule has 0 atom stereocenters. The van der Waals surface area contributed by atoms with Crippen molar-refractivity contribution in [2.24, 2.45) is 5.41 Å². The van der Waals surface area contributed by atoms with Crippen LogP contribution in [0.2, 0.25) is 9.36 Å². The summed E-state index contributed by atoms with van der Waals surface area (Å²) in [5.74, 6) is -0.429. The number of thiophene rings is 1. The molecule has 1 saturated carbocycles. The topological polar surface area (TPSA) is 90.7 Å². The number of hydrogen-bond acceptors (Lipinski definition) is 5. The number of aromatic nitrogens is 1. The molecule has 4 aromatic rings. The molecule has 8 heteroatoms. The molecule has 2 aromatic carbocycles. The number of carboxylic acid groups (broad SMARTS) is 1. The summed E-state index contributed by atoms with van der Waals surface area (Å²) in [7, 11) is 0. The second-order valence-electron chi connectivity index (χ2n) is 9.56. The van der Waals surface area contributed by atoms with E-state index >= 15 is 0 Å². The van der Waals surface area contributed by atoms with Crippen molar-refractivity contribution in [1.82, 2.24) is 4.98 Å². The molecule has 0 saturated heterocycles. The number of phenols is 1. The molecule has 1 aliphatic carbocycles. The van der Waals surface area contributed by atoms with E-state index in [1.165, 1.54) is 16.9 Å². The fourth-order valence-electron chi connectivity index (χ4n) is 4.16. The molecule has 2 aromatic heterocycles. The Bertz CT molecular complexity index is 1450. The third-order valence-electron chi connectivity index (χ3n) is 6.58. The van der Waals surface area contributed by atoms with Gasteiger partial charge in [-0.2, -0.15) is 0 Å². The highest BCUT2D eigenvalue weighted by Crippen LogP contribution is 2.48. The minimum absolute atomic E-state index is 0.0271. The number of aliphatic carboxylic acids is 1. The third kappa shape index (κ3) is 7.58. The summed E-state index contributed by atoms with van der Waals surface area (Å²) in [6, 6.07) is 20.0. The molecular formula is C30H29Cl2NO4S. The zero-order valence-electron chi connectivity index (χ0n) is 20.7. The summed E-state index contributed by atoms with van der Waals surface area (Å²) in [5.41, 5.74) is 4.77. The van der Waals surface area contributed by atoms with Crippen molar-refractivity contribution in [3.63, 3.8) is 0 Å². The summed E-state index contributed by atoms with van der Waals surface area (Å²) >= 11 is 13.8. The number of aliphatic hydroxyl groups excluding tert-OH is 1. The Hall–Kier alpha value is -2.90. The number of hydrogen-bond donors (Lipinski definition) is 3. The van der Waals surface area contributed by atoms with Crippen molar-refractivity contribution in [1.29, 1.82) is 0 Å². The van der Waals surface area contributed by atoms with Gasteiger partial charge in [0.25, 0.3) is 0 Å². The van der Waals surface area contributed by atoms with E-state index < -0.39 is 5.97 Å². The third-order valence-corrected chi connectivity index (χ3v) is 8.51. The van der Waals surface area contributed by atoms with Crippen LogP contribution >= 0.6 is 34.5 Å². The van der Waals surface area contributed by atoms with Gasteiger partial charge in [-0.3, -0.25) is 4.79 Å². The average Bonchev–Trinajstić information content (AvgIpc) is 3.62. The molecule has 0 amide bonds. The quantitative estimate of drug-likeness (QED) is 0.190. The predicted molar refractivity (Wildman–Crippen MR) is 156 cm³/mol. The van der Waals surface area contributed by atoms with Crippen molar-refractivity contribution in [2.45, 2.75) is 38.5 Å². The van der Waals surface area contributed by atoms with Crippen molar-refractivity contribution in [3.05, 3.63) is 92.4 Å². The smallest absolute Gasteiger partial charge is 0.303 e. The number of halogens is 2. The van der Waals surface area contributed by atoms with E-state index in [2.05, 4.69) is 35.3 Å². The minimum atomic E-state index is -0.804. The van der Waals surface area contributed by atoms with E-state index in [0.29, 0.717) is 15.1 Å². The van der Waals surface area contributed by atoms with Gasteiger partial charge in [-0.15, -0.1) is 11.3 Å². The number of carboxylic acids is 1. The van der Waals surface area contributed by atoms with Crippen LogP contribution in [0, 0.1) is 5.41 Å². The van der Waals surface area contributed by atoms with Gasteiger partial charge in [0.1, 0.15) is 15.6 Å². The molecule has 38 heavy (non-hydrogen) atoms. The van der Waals surface area contributed by atoms with Gasteiger partial charge in [0.2, 0.25) is 0 Å². The second-order valence-corrected chi connectivity index (χ2v) is 11.6. The van der Waals surface area contributed by atoms with E-state index in [1.54, 1.807) is 6.07 Å². The van der Waals surface area contributed by atoms with Crippen LogP contribution in [-0.4, -0.2) is 32.9 Å². The Morgan fingerprint density at radius 3 is 2.50 bits per heavy atom. The number of fused-ring (bicyclic) bond motifs is 1. The number of aliphatic hydroxyl groups is 1. The van der Waals surface area contributed by atoms with Crippen LogP contribution in [0.1, 0.15) is 48.1 Å². The lowest BCUT2D eigenvalue weighted by atomic mass is 10.0. The first-order chi connectivity index (χ1) is 18.3. The van der Waals surface area contributed by atoms with Crippen molar-refractivity contribution >= 4 is 62.9 Å². The van der Waals surface area contributed by atoms with Crippen LogP contribution in [-0.2, 0) is 17.6 Å². The summed E-state index contributed by atoms with van der Waals surface area (Å²) in [5, 5.41) is 27.4. The van der Waals surface area contributed by atoms with Gasteiger partial charge in [-0.25, -0.2) is 4.98 Å². The molecule has 198 valence electrons. The molecule has 0 radical (unpaired) electrons. The maximum atomic E-state index is 10.1. The lowest BCUT2D eigenvalue weighted by Gasteiger charge is -2.05. The van der Waals surface area contributed by atoms with E-state index in [0.717, 1.165) is 59.1 Å². The highest BCUT2D eigenvalue weighted by Gasteiger charge is 2.43. The highest BCUT2D eigenvalue weighted by atomic mass is 35.5. The average molecular weight is 571 g/mol. The standard InChI is InChI=1S/C24H19Cl2NOS.C6H10O3/c25-22-23-21(29-24(22)26)14-13-19(27-23)12-11-17-6-3-5-16(15-17)7-4-9-18-8-1-2-10-20(18)28;7-4-6(1-2-6)3-5(8)9/h1-3,5-6,8,10-15,28H,4,7,9H2;7H,1-4H2,(H,8,9)/b12-11+;. The fourth-order valence-corrected chi connectivity index (χ4v) is 5.57. The number of nitrogens with zero attached hydrogens (tertiary/aromatic N) is 1. The summed E-state index contributed by atoms with van der Waals surface area (Å²) in [6.45, 7) is 0.0271. The number of benzene rings is 2. The van der Waals surface area contributed by atoms with E-state index in [9.17, 15) is 9.90 Å². The summed E-state index contributed by atoms with van der Waals surface area (Å²) < 4.78 is 1.57. The first kappa shape index (κ1) is 28.1. The molecule has 1 fully saturated rings. The number of carbonyl (C=O) groups is 1. The normalized spacial score (nSPS) is 13.9. The molecule has 1 aliphatic rings. The van der Waals surface area contributed by atoms with Gasteiger partial charge in [0.15, 0.2) is 0 Å². The predicted octanol–water partition coefficient (Wildman–Crippen LogP) is 7.89. The maximum Gasteiger partial charge on any atom is 0.303 e. The monoisotopic (exact) mass is 569 g/mol. The lowest BCUT2D eigenvalue weighted by Crippen LogP contribution is -2.12. The SMILES string of the molecule is O=C(O)CC1(CO)CC1.Oc1ccccc1CCCc1cccc(/C=C/c2ccc3sc(Cl)c(Cl)c3n2)c1. The molecular weight excluding hydrogens is 541 g/mol. The molecule has 5 nitrogen and oxygen atoms in total. The van der Waals surface area contributed by atoms with Crippen LogP contribution < -0.4 is 0 Å².